The topological polar surface area (TPSA) is 52.9 Å². The average molecular weight is 212 g/mol. The third kappa shape index (κ3) is 2.91. The summed E-state index contributed by atoms with van der Waals surface area (Å²) in [5.74, 6) is 1.22. The molecule has 0 aliphatic carbocycles. The molecule has 1 saturated heterocycles. The molecule has 14 heavy (non-hydrogen) atoms. The second kappa shape index (κ2) is 5.26. The Morgan fingerprint density at radius 3 is 3.07 bits per heavy atom. The molecule has 1 fully saturated rings. The van der Waals surface area contributed by atoms with Gasteiger partial charge in [-0.15, -0.1) is 11.8 Å². The number of unbranched alkanes of at least 4 members (excludes halogenated alkanes) is 1. The second-order valence-corrected chi connectivity index (χ2v) is 5.30. The van der Waals surface area contributed by atoms with Crippen LogP contribution in [-0.2, 0) is 4.79 Å². The van der Waals surface area contributed by atoms with Crippen molar-refractivity contribution < 1.29 is 4.79 Å². The van der Waals surface area contributed by atoms with Crippen LogP contribution in [0.4, 0.5) is 0 Å². The third-order valence-electron chi connectivity index (χ3n) is 2.45. The van der Waals surface area contributed by atoms with Crippen molar-refractivity contribution in [2.45, 2.75) is 37.4 Å². The van der Waals surface area contributed by atoms with E-state index in [1.807, 2.05) is 6.92 Å². The van der Waals surface area contributed by atoms with E-state index in [2.05, 4.69) is 11.4 Å². The maximum absolute atomic E-state index is 11.7. The summed E-state index contributed by atoms with van der Waals surface area (Å²) < 4.78 is -0.216. The van der Waals surface area contributed by atoms with E-state index < -0.39 is 0 Å². The van der Waals surface area contributed by atoms with E-state index in [1.54, 1.807) is 11.8 Å². The lowest BCUT2D eigenvalue weighted by molar-refractivity contribution is -0.123. The van der Waals surface area contributed by atoms with E-state index in [1.165, 1.54) is 0 Å². The lowest BCUT2D eigenvalue weighted by Crippen LogP contribution is -2.40. The normalized spacial score (nSPS) is 25.7. The smallest absolute Gasteiger partial charge is 0.235 e. The Balaban J connectivity index is 2.24. The molecule has 1 atom stereocenters. The first-order chi connectivity index (χ1) is 6.69. The minimum absolute atomic E-state index is 0.137. The Bertz CT molecular complexity index is 241. The molecule has 1 heterocycles. The van der Waals surface area contributed by atoms with Crippen molar-refractivity contribution in [2.75, 3.05) is 12.3 Å². The summed E-state index contributed by atoms with van der Waals surface area (Å²) in [5.41, 5.74) is 0. The molecule has 1 unspecified atom stereocenters. The SMILES string of the molecule is CC1(C(=O)NCCCC#N)CCCS1. The molecule has 1 amide bonds. The van der Waals surface area contributed by atoms with Crippen molar-refractivity contribution in [1.29, 1.82) is 5.26 Å². The molecule has 1 rings (SSSR count). The van der Waals surface area contributed by atoms with Crippen LogP contribution in [-0.4, -0.2) is 23.0 Å². The highest BCUT2D eigenvalue weighted by atomic mass is 32.2. The van der Waals surface area contributed by atoms with Crippen molar-refractivity contribution in [3.8, 4) is 6.07 Å². The summed E-state index contributed by atoms with van der Waals surface area (Å²) in [6, 6.07) is 2.06. The number of carbonyl (C=O) groups excluding carboxylic acids is 1. The van der Waals surface area contributed by atoms with Gasteiger partial charge in [-0.3, -0.25) is 4.79 Å². The van der Waals surface area contributed by atoms with Gasteiger partial charge in [-0.1, -0.05) is 0 Å². The van der Waals surface area contributed by atoms with Gasteiger partial charge in [0.05, 0.1) is 10.8 Å². The summed E-state index contributed by atoms with van der Waals surface area (Å²) in [6.45, 7) is 2.63. The molecular formula is C10H16N2OS. The number of nitrogens with one attached hydrogen (secondary N) is 1. The van der Waals surface area contributed by atoms with Crippen molar-refractivity contribution in [3.05, 3.63) is 0 Å². The van der Waals surface area contributed by atoms with Gasteiger partial charge in [-0.05, 0) is 31.9 Å². The maximum atomic E-state index is 11.7. The Kier molecular flexibility index (Phi) is 4.27. The molecule has 3 nitrogen and oxygen atoms in total. The highest BCUT2D eigenvalue weighted by Crippen LogP contribution is 2.37. The molecule has 1 N–H and O–H groups in total. The summed E-state index contributed by atoms with van der Waals surface area (Å²) in [7, 11) is 0. The predicted octanol–water partition coefficient (Wildman–Crippen LogP) is 1.69. The van der Waals surface area contributed by atoms with E-state index >= 15 is 0 Å². The number of hydrogen-bond donors (Lipinski definition) is 1. The molecule has 0 spiro atoms. The van der Waals surface area contributed by atoms with E-state index in [4.69, 9.17) is 5.26 Å². The van der Waals surface area contributed by atoms with Gasteiger partial charge in [-0.2, -0.15) is 5.26 Å². The van der Waals surface area contributed by atoms with Crippen LogP contribution in [0.1, 0.15) is 32.6 Å². The van der Waals surface area contributed by atoms with Gasteiger partial charge < -0.3 is 5.32 Å². The standard InChI is InChI=1S/C10H16N2OS/c1-10(5-4-8-14-10)9(13)12-7-3-2-6-11/h2-5,7-8H2,1H3,(H,12,13). The summed E-state index contributed by atoms with van der Waals surface area (Å²) in [6.07, 6.45) is 3.38. The highest BCUT2D eigenvalue weighted by molar-refractivity contribution is 8.01. The Morgan fingerprint density at radius 1 is 1.71 bits per heavy atom. The second-order valence-electron chi connectivity index (χ2n) is 3.70. The first kappa shape index (κ1) is 11.4. The number of hydrogen-bond acceptors (Lipinski definition) is 3. The molecule has 1 aliphatic rings. The first-order valence-electron chi connectivity index (χ1n) is 4.98. The fourth-order valence-corrected chi connectivity index (χ4v) is 2.75. The lowest BCUT2D eigenvalue weighted by Gasteiger charge is -2.21. The van der Waals surface area contributed by atoms with Crippen molar-refractivity contribution >= 4 is 17.7 Å². The average Bonchev–Trinajstić information content (AvgIpc) is 2.61. The van der Waals surface area contributed by atoms with Gasteiger partial charge in [-0.25, -0.2) is 0 Å². The van der Waals surface area contributed by atoms with Crippen molar-refractivity contribution in [2.24, 2.45) is 0 Å². The molecule has 0 aromatic carbocycles. The fourth-order valence-electron chi connectivity index (χ4n) is 1.51. The number of thioether (sulfide) groups is 1. The van der Waals surface area contributed by atoms with Crippen LogP contribution in [0, 0.1) is 11.3 Å². The highest BCUT2D eigenvalue weighted by Gasteiger charge is 2.36. The van der Waals surface area contributed by atoms with E-state index in [0.29, 0.717) is 13.0 Å². The van der Waals surface area contributed by atoms with Crippen LogP contribution in [0.3, 0.4) is 0 Å². The summed E-state index contributed by atoms with van der Waals surface area (Å²) in [4.78, 5) is 11.7. The van der Waals surface area contributed by atoms with Crippen LogP contribution >= 0.6 is 11.8 Å². The minimum atomic E-state index is -0.216. The number of carbonyl (C=O) groups is 1. The summed E-state index contributed by atoms with van der Waals surface area (Å²) >= 11 is 1.74. The largest absolute Gasteiger partial charge is 0.355 e. The molecular weight excluding hydrogens is 196 g/mol. The van der Waals surface area contributed by atoms with Gasteiger partial charge >= 0.3 is 0 Å². The van der Waals surface area contributed by atoms with Gasteiger partial charge in [0.2, 0.25) is 5.91 Å². The Hall–Kier alpha value is -0.690. The lowest BCUT2D eigenvalue weighted by atomic mass is 10.0. The van der Waals surface area contributed by atoms with Crippen LogP contribution in [0.5, 0.6) is 0 Å². The number of amides is 1. The number of rotatable bonds is 4. The zero-order valence-corrected chi connectivity index (χ0v) is 9.32. The zero-order valence-electron chi connectivity index (χ0n) is 8.51. The van der Waals surface area contributed by atoms with Crippen LogP contribution < -0.4 is 5.32 Å². The molecule has 4 heteroatoms. The number of nitrogens with zero attached hydrogens (tertiary/aromatic N) is 1. The first-order valence-corrected chi connectivity index (χ1v) is 5.97. The van der Waals surface area contributed by atoms with Gasteiger partial charge in [0.1, 0.15) is 0 Å². The quantitative estimate of drug-likeness (QED) is 0.721. The van der Waals surface area contributed by atoms with E-state index in [0.717, 1.165) is 25.0 Å². The van der Waals surface area contributed by atoms with Crippen LogP contribution in [0.2, 0.25) is 0 Å². The Morgan fingerprint density at radius 2 is 2.50 bits per heavy atom. The zero-order chi connectivity index (χ0) is 10.4. The van der Waals surface area contributed by atoms with Crippen molar-refractivity contribution in [1.82, 2.24) is 5.32 Å². The number of nitriles is 1. The molecule has 78 valence electrons. The molecule has 1 aliphatic heterocycles. The van der Waals surface area contributed by atoms with Crippen molar-refractivity contribution in [3.63, 3.8) is 0 Å². The van der Waals surface area contributed by atoms with Gasteiger partial charge in [0, 0.05) is 13.0 Å². The minimum Gasteiger partial charge on any atom is -0.355 e. The molecule has 0 radical (unpaired) electrons. The van der Waals surface area contributed by atoms with Gasteiger partial charge in [0.25, 0.3) is 0 Å². The molecule has 0 aromatic rings. The fraction of sp³-hybridized carbons (Fsp3) is 0.800. The predicted molar refractivity (Wildman–Crippen MR) is 58.0 cm³/mol. The molecule has 0 aromatic heterocycles. The van der Waals surface area contributed by atoms with Crippen LogP contribution in [0.15, 0.2) is 0 Å². The Labute approximate surface area is 89.2 Å². The van der Waals surface area contributed by atoms with E-state index in [9.17, 15) is 4.79 Å². The molecule has 0 bridgehead atoms. The molecule has 0 saturated carbocycles. The summed E-state index contributed by atoms with van der Waals surface area (Å²) in [5, 5.41) is 11.2. The van der Waals surface area contributed by atoms with E-state index in [-0.39, 0.29) is 10.7 Å². The monoisotopic (exact) mass is 212 g/mol. The maximum Gasteiger partial charge on any atom is 0.235 e. The third-order valence-corrected chi connectivity index (χ3v) is 3.97. The van der Waals surface area contributed by atoms with Gasteiger partial charge in [0.15, 0.2) is 0 Å². The van der Waals surface area contributed by atoms with Crippen LogP contribution in [0.25, 0.3) is 0 Å².